The van der Waals surface area contributed by atoms with Gasteiger partial charge in [-0.2, -0.15) is 0 Å². The van der Waals surface area contributed by atoms with Gasteiger partial charge < -0.3 is 4.85 Å². The minimum absolute atomic E-state index is 0.0596. The van der Waals surface area contributed by atoms with Gasteiger partial charge in [-0.1, -0.05) is 20.8 Å². The van der Waals surface area contributed by atoms with E-state index < -0.39 is 9.71 Å². The van der Waals surface area contributed by atoms with Crippen molar-refractivity contribution in [2.45, 2.75) is 26.3 Å². The number of rotatable bonds is 1. The normalized spacial score (nSPS) is 25.9. The van der Waals surface area contributed by atoms with Gasteiger partial charge in [-0.3, -0.25) is 4.21 Å². The maximum atomic E-state index is 11.6. The van der Waals surface area contributed by atoms with E-state index in [1.54, 1.807) is 10.6 Å². The van der Waals surface area contributed by atoms with E-state index in [0.29, 0.717) is 13.1 Å². The van der Waals surface area contributed by atoms with Crippen molar-refractivity contribution < 1.29 is 4.21 Å². The number of hydrogen-bond acceptors (Lipinski definition) is 1. The zero-order valence-corrected chi connectivity index (χ0v) is 10.1. The fourth-order valence-electron chi connectivity index (χ4n) is 1.52. The molecule has 1 aliphatic rings. The molecular weight excluding hydrogens is 196 g/mol. The van der Waals surface area contributed by atoms with Gasteiger partial charge in [-0.25, -0.2) is 10.9 Å². The van der Waals surface area contributed by atoms with Gasteiger partial charge in [0.15, 0.2) is 0 Å². The molecule has 14 heavy (non-hydrogen) atoms. The van der Waals surface area contributed by atoms with Gasteiger partial charge >= 0.3 is 0 Å². The van der Waals surface area contributed by atoms with Crippen molar-refractivity contribution in [3.8, 4) is 0 Å². The van der Waals surface area contributed by atoms with Crippen molar-refractivity contribution in [2.75, 3.05) is 19.3 Å². The Kier molecular flexibility index (Phi) is 2.46. The van der Waals surface area contributed by atoms with E-state index in [1.807, 2.05) is 0 Å². The average molecular weight is 214 g/mol. The Balaban J connectivity index is 2.84. The molecule has 80 valence electrons. The fraction of sp³-hybridized carbons (Fsp3) is 0.800. The third-order valence-corrected chi connectivity index (χ3v) is 4.38. The molecule has 0 bridgehead atoms. The van der Waals surface area contributed by atoms with Crippen LogP contribution in [0.4, 0.5) is 0 Å². The van der Waals surface area contributed by atoms with E-state index in [0.717, 1.165) is 0 Å². The van der Waals surface area contributed by atoms with Crippen molar-refractivity contribution in [1.29, 1.82) is 0 Å². The van der Waals surface area contributed by atoms with E-state index in [1.165, 1.54) is 0 Å². The molecule has 1 saturated heterocycles. The second-order valence-corrected chi connectivity index (χ2v) is 7.59. The topological polar surface area (TPSA) is 24.7 Å². The monoisotopic (exact) mass is 214 g/mol. The van der Waals surface area contributed by atoms with Gasteiger partial charge in [0.05, 0.1) is 13.1 Å². The molecule has 1 heterocycles. The summed E-state index contributed by atoms with van der Waals surface area (Å²) < 4.78 is 13.4. The highest BCUT2D eigenvalue weighted by Crippen LogP contribution is 2.42. The van der Waals surface area contributed by atoms with Crippen molar-refractivity contribution in [3.05, 3.63) is 11.4 Å². The van der Waals surface area contributed by atoms with E-state index in [9.17, 15) is 4.21 Å². The molecule has 0 aromatic heterocycles. The quantitative estimate of drug-likeness (QED) is 0.476. The molecule has 1 rings (SSSR count). The number of hydrogen-bond donors (Lipinski definition) is 0. The van der Waals surface area contributed by atoms with Gasteiger partial charge in [-0.05, 0) is 5.87 Å². The van der Waals surface area contributed by atoms with E-state index in [2.05, 4.69) is 31.5 Å². The smallest absolute Gasteiger partial charge is 0.264 e. The van der Waals surface area contributed by atoms with Crippen LogP contribution in [0, 0.1) is 12.0 Å². The average Bonchev–Trinajstić information content (AvgIpc) is 1.78. The lowest BCUT2D eigenvalue weighted by Gasteiger charge is -2.48. The molecule has 0 saturated carbocycles. The first kappa shape index (κ1) is 11.5. The summed E-state index contributed by atoms with van der Waals surface area (Å²) in [6.07, 6.45) is 1.63. The first-order chi connectivity index (χ1) is 6.12. The second-order valence-electron chi connectivity index (χ2n) is 5.15. The van der Waals surface area contributed by atoms with Crippen LogP contribution in [0.3, 0.4) is 0 Å². The van der Waals surface area contributed by atoms with Gasteiger partial charge in [0.2, 0.25) is 0 Å². The summed E-state index contributed by atoms with van der Waals surface area (Å²) in [6.45, 7) is 14.6. The Bertz CT molecular complexity index is 364. The Hall–Kier alpha value is -0.530. The maximum Gasteiger partial charge on any atom is 0.264 e. The van der Waals surface area contributed by atoms with Crippen LogP contribution in [0.5, 0.6) is 0 Å². The second kappa shape index (κ2) is 2.98. The van der Waals surface area contributed by atoms with Crippen LogP contribution in [0.15, 0.2) is 0 Å². The zero-order valence-electron chi connectivity index (χ0n) is 9.33. The van der Waals surface area contributed by atoms with Crippen molar-refractivity contribution in [3.63, 3.8) is 0 Å². The van der Waals surface area contributed by atoms with Gasteiger partial charge in [0, 0.05) is 21.4 Å². The molecule has 0 aromatic carbocycles. The highest BCUT2D eigenvalue weighted by atomic mass is 32.2. The third kappa shape index (κ3) is 1.67. The lowest BCUT2D eigenvalue weighted by molar-refractivity contribution is 0.0886. The molecular formula is C10H18N2OS. The van der Waals surface area contributed by atoms with Crippen molar-refractivity contribution in [1.82, 2.24) is 4.31 Å². The summed E-state index contributed by atoms with van der Waals surface area (Å²) in [5.41, 5.74) is -0.431. The molecule has 0 amide bonds. The zero-order chi connectivity index (χ0) is 11.2. The van der Waals surface area contributed by atoms with E-state index >= 15 is 0 Å². The first-order valence-electron chi connectivity index (χ1n) is 4.58. The minimum atomic E-state index is -2.12. The van der Waals surface area contributed by atoms with Gasteiger partial charge in [0.1, 0.15) is 0 Å². The van der Waals surface area contributed by atoms with Gasteiger partial charge in [0.25, 0.3) is 5.54 Å². The molecule has 0 aromatic rings. The highest BCUT2D eigenvalue weighted by Gasteiger charge is 2.59. The number of nitrogens with zero attached hydrogens (tertiary/aromatic N) is 2. The summed E-state index contributed by atoms with van der Waals surface area (Å²) in [5, 5.41) is 0. The third-order valence-electron chi connectivity index (χ3n) is 3.03. The summed E-state index contributed by atoms with van der Waals surface area (Å²) in [4.78, 5) is 3.72. The molecule has 0 aliphatic carbocycles. The van der Waals surface area contributed by atoms with Crippen LogP contribution in [-0.2, 0) is 9.71 Å². The van der Waals surface area contributed by atoms with Crippen LogP contribution < -0.4 is 0 Å². The Labute approximate surface area is 87.1 Å². The molecule has 1 atom stereocenters. The molecule has 4 heteroatoms. The largest absolute Gasteiger partial charge is 0.307 e. The van der Waals surface area contributed by atoms with Crippen molar-refractivity contribution in [2.24, 2.45) is 5.41 Å². The van der Waals surface area contributed by atoms with Gasteiger partial charge in [-0.15, -0.1) is 0 Å². The summed E-state index contributed by atoms with van der Waals surface area (Å²) in [7, 11) is -2.12. The highest BCUT2D eigenvalue weighted by molar-refractivity contribution is 7.97. The lowest BCUT2D eigenvalue weighted by Crippen LogP contribution is -2.66. The van der Waals surface area contributed by atoms with Crippen LogP contribution in [-0.4, -0.2) is 39.3 Å². The lowest BCUT2D eigenvalue weighted by atomic mass is 9.70. The first-order valence-corrected chi connectivity index (χ1v) is 6.68. The molecule has 1 aliphatic heterocycles. The summed E-state index contributed by atoms with van der Waals surface area (Å²) >= 11 is 0. The standard InChI is InChI=1S/C10H18N2OS/c1-9(2,3)10(11-4)7-12(8-10)14(5,6)13/h5,7-8H2,1-3,6H3. The Morgan fingerprint density at radius 2 is 1.93 bits per heavy atom. The summed E-state index contributed by atoms with van der Waals surface area (Å²) in [5.74, 6) is 3.63. The molecule has 1 unspecified atom stereocenters. The predicted molar refractivity (Wildman–Crippen MR) is 61.5 cm³/mol. The SMILES string of the molecule is [C-]#[N+]C1(C(C)(C)C)CN(S(=C)(C)=O)C1. The molecule has 1 fully saturated rings. The van der Waals surface area contributed by atoms with Crippen LogP contribution in [0.2, 0.25) is 0 Å². The predicted octanol–water partition coefficient (Wildman–Crippen LogP) is 1.27. The van der Waals surface area contributed by atoms with Crippen LogP contribution in [0.25, 0.3) is 4.85 Å². The maximum absolute atomic E-state index is 11.6. The molecule has 0 radical (unpaired) electrons. The van der Waals surface area contributed by atoms with Crippen LogP contribution in [0.1, 0.15) is 20.8 Å². The molecule has 0 spiro atoms. The summed E-state index contributed by atoms with van der Waals surface area (Å²) in [6, 6.07) is 0. The van der Waals surface area contributed by atoms with E-state index in [4.69, 9.17) is 6.57 Å². The van der Waals surface area contributed by atoms with Crippen molar-refractivity contribution >= 4 is 15.6 Å². The molecule has 3 nitrogen and oxygen atoms in total. The van der Waals surface area contributed by atoms with E-state index in [-0.39, 0.29) is 11.0 Å². The minimum Gasteiger partial charge on any atom is -0.307 e. The van der Waals surface area contributed by atoms with Crippen LogP contribution >= 0.6 is 0 Å². The fourth-order valence-corrected chi connectivity index (χ4v) is 2.50. The molecule has 0 N–H and O–H groups in total. The Morgan fingerprint density at radius 3 is 2.14 bits per heavy atom. The Morgan fingerprint density at radius 1 is 1.50 bits per heavy atom.